The molecule has 0 saturated heterocycles. The first kappa shape index (κ1) is 14.1. The summed E-state index contributed by atoms with van der Waals surface area (Å²) >= 11 is 0. The van der Waals surface area contributed by atoms with Gasteiger partial charge in [0.05, 0.1) is 17.5 Å². The number of nitriles is 1. The van der Waals surface area contributed by atoms with Crippen LogP contribution in [-0.4, -0.2) is 17.2 Å². The number of nitrogens with zero attached hydrogens (tertiary/aromatic N) is 2. The Bertz CT molecular complexity index is 659. The van der Waals surface area contributed by atoms with E-state index in [0.717, 1.165) is 5.39 Å². The Kier molecular flexibility index (Phi) is 3.79. The number of halogens is 3. The third kappa shape index (κ3) is 3.38. The Morgan fingerprint density at radius 1 is 1.35 bits per heavy atom. The highest BCUT2D eigenvalue weighted by Crippen LogP contribution is 2.25. The molecule has 0 radical (unpaired) electrons. The number of fused-ring (bicyclic) bond motifs is 1. The van der Waals surface area contributed by atoms with Gasteiger partial charge in [-0.1, -0.05) is 18.2 Å². The number of nitrogens with one attached hydrogen (secondary N) is 1. The van der Waals surface area contributed by atoms with Crippen LogP contribution in [-0.2, 0) is 0 Å². The van der Waals surface area contributed by atoms with Gasteiger partial charge in [-0.25, -0.2) is 4.98 Å². The van der Waals surface area contributed by atoms with Crippen molar-refractivity contribution in [3.05, 3.63) is 35.9 Å². The number of alkyl halides is 3. The first-order valence-corrected chi connectivity index (χ1v) is 6.02. The van der Waals surface area contributed by atoms with E-state index in [-0.39, 0.29) is 11.4 Å². The largest absolute Gasteiger partial charge is 0.391 e. The first-order chi connectivity index (χ1) is 9.39. The second-order valence-electron chi connectivity index (χ2n) is 4.55. The summed E-state index contributed by atoms with van der Waals surface area (Å²) in [6.45, 7) is 1.41. The number of anilines is 1. The smallest absolute Gasteiger partial charge is 0.366 e. The van der Waals surface area contributed by atoms with Crippen LogP contribution in [0.3, 0.4) is 0 Å². The maximum atomic E-state index is 12.3. The molecule has 2 rings (SSSR count). The van der Waals surface area contributed by atoms with Crippen LogP contribution in [0.15, 0.2) is 30.3 Å². The molecule has 104 valence electrons. The summed E-state index contributed by atoms with van der Waals surface area (Å²) < 4.78 is 37.0. The lowest BCUT2D eigenvalue weighted by molar-refractivity contribution is -0.136. The quantitative estimate of drug-likeness (QED) is 0.928. The van der Waals surface area contributed by atoms with E-state index in [0.29, 0.717) is 5.52 Å². The van der Waals surface area contributed by atoms with Crippen LogP contribution in [0.1, 0.15) is 18.9 Å². The Balaban J connectivity index is 2.31. The molecule has 0 fully saturated rings. The van der Waals surface area contributed by atoms with Gasteiger partial charge in [0.15, 0.2) is 0 Å². The monoisotopic (exact) mass is 279 g/mol. The molecule has 0 aliphatic heterocycles. The number of hydrogen-bond donors (Lipinski definition) is 1. The van der Waals surface area contributed by atoms with Crippen molar-refractivity contribution in [3.63, 3.8) is 0 Å². The van der Waals surface area contributed by atoms with Gasteiger partial charge in [0.25, 0.3) is 0 Å². The van der Waals surface area contributed by atoms with E-state index < -0.39 is 18.6 Å². The van der Waals surface area contributed by atoms with Crippen molar-refractivity contribution < 1.29 is 13.2 Å². The second-order valence-corrected chi connectivity index (χ2v) is 4.55. The van der Waals surface area contributed by atoms with E-state index in [1.165, 1.54) is 6.92 Å². The predicted molar refractivity (Wildman–Crippen MR) is 70.2 cm³/mol. The van der Waals surface area contributed by atoms with Gasteiger partial charge in [0, 0.05) is 11.4 Å². The van der Waals surface area contributed by atoms with Crippen molar-refractivity contribution in [1.82, 2.24) is 4.98 Å². The minimum absolute atomic E-state index is 0.183. The molecule has 0 aliphatic rings. The van der Waals surface area contributed by atoms with E-state index in [9.17, 15) is 13.2 Å². The number of pyridine rings is 1. The van der Waals surface area contributed by atoms with Crippen molar-refractivity contribution in [1.29, 1.82) is 5.26 Å². The fourth-order valence-corrected chi connectivity index (χ4v) is 1.94. The van der Waals surface area contributed by atoms with Crippen molar-refractivity contribution >= 4 is 16.7 Å². The van der Waals surface area contributed by atoms with Gasteiger partial charge < -0.3 is 5.32 Å². The molecule has 1 unspecified atom stereocenters. The van der Waals surface area contributed by atoms with Crippen LogP contribution in [0.5, 0.6) is 0 Å². The van der Waals surface area contributed by atoms with Crippen LogP contribution < -0.4 is 5.32 Å². The minimum atomic E-state index is -4.25. The zero-order chi connectivity index (χ0) is 14.8. The van der Waals surface area contributed by atoms with Crippen LogP contribution in [0.25, 0.3) is 10.9 Å². The molecule has 6 heteroatoms. The Morgan fingerprint density at radius 3 is 2.70 bits per heavy atom. The van der Waals surface area contributed by atoms with Gasteiger partial charge in [0.2, 0.25) is 0 Å². The van der Waals surface area contributed by atoms with Crippen LogP contribution >= 0.6 is 0 Å². The van der Waals surface area contributed by atoms with E-state index >= 15 is 0 Å². The third-order valence-electron chi connectivity index (χ3n) is 2.77. The van der Waals surface area contributed by atoms with E-state index in [2.05, 4.69) is 10.3 Å². The molecular formula is C14H12F3N3. The second kappa shape index (κ2) is 5.37. The SMILES string of the molecule is CC(CC(F)(F)F)Nc1nc2ccccc2cc1C#N. The number of aromatic nitrogens is 1. The van der Waals surface area contributed by atoms with Crippen LogP contribution in [0.2, 0.25) is 0 Å². The van der Waals surface area contributed by atoms with Crippen molar-refractivity contribution in [2.24, 2.45) is 0 Å². The molecule has 1 atom stereocenters. The van der Waals surface area contributed by atoms with E-state index in [1.54, 1.807) is 24.3 Å². The van der Waals surface area contributed by atoms with E-state index in [1.807, 2.05) is 12.1 Å². The molecule has 2 aromatic rings. The molecule has 0 saturated carbocycles. The van der Waals surface area contributed by atoms with Crippen molar-refractivity contribution in [3.8, 4) is 6.07 Å². The molecule has 1 heterocycles. The number of para-hydroxylation sites is 1. The summed E-state index contributed by atoms with van der Waals surface area (Å²) in [6.07, 6.45) is -5.23. The van der Waals surface area contributed by atoms with E-state index in [4.69, 9.17) is 5.26 Å². The maximum Gasteiger partial charge on any atom is 0.391 e. The molecule has 1 aromatic heterocycles. The standard InChI is InChI=1S/C14H12F3N3/c1-9(7-14(15,16)17)19-13-11(8-18)6-10-4-2-3-5-12(10)20-13/h2-6,9H,7H2,1H3,(H,19,20). The van der Waals surface area contributed by atoms with Gasteiger partial charge in [-0.05, 0) is 19.1 Å². The number of rotatable bonds is 3. The molecule has 0 amide bonds. The minimum Gasteiger partial charge on any atom is -0.366 e. The van der Waals surface area contributed by atoms with Crippen LogP contribution in [0.4, 0.5) is 19.0 Å². The Morgan fingerprint density at radius 2 is 2.05 bits per heavy atom. The third-order valence-corrected chi connectivity index (χ3v) is 2.77. The molecule has 0 spiro atoms. The highest BCUT2D eigenvalue weighted by Gasteiger charge is 2.30. The Hall–Kier alpha value is -2.29. The fourth-order valence-electron chi connectivity index (χ4n) is 1.94. The molecule has 0 aliphatic carbocycles. The zero-order valence-electron chi connectivity index (χ0n) is 10.7. The van der Waals surface area contributed by atoms with Gasteiger partial charge in [-0.2, -0.15) is 18.4 Å². The molecule has 1 aromatic carbocycles. The molecule has 3 nitrogen and oxygen atoms in total. The summed E-state index contributed by atoms with van der Waals surface area (Å²) in [5.41, 5.74) is 0.867. The molecular weight excluding hydrogens is 267 g/mol. The lowest BCUT2D eigenvalue weighted by Gasteiger charge is -2.17. The highest BCUT2D eigenvalue weighted by molar-refractivity contribution is 5.82. The highest BCUT2D eigenvalue weighted by atomic mass is 19.4. The summed E-state index contributed by atoms with van der Waals surface area (Å²) in [7, 11) is 0. The van der Waals surface area contributed by atoms with Gasteiger partial charge >= 0.3 is 6.18 Å². The summed E-state index contributed by atoms with van der Waals surface area (Å²) in [6, 6.07) is 9.85. The predicted octanol–water partition coefficient (Wildman–Crippen LogP) is 3.86. The zero-order valence-corrected chi connectivity index (χ0v) is 10.7. The summed E-state index contributed by atoms with van der Waals surface area (Å²) in [5.74, 6) is 0.183. The van der Waals surface area contributed by atoms with Gasteiger partial charge in [-0.3, -0.25) is 0 Å². The summed E-state index contributed by atoms with van der Waals surface area (Å²) in [5, 5.41) is 12.5. The molecule has 1 N–H and O–H groups in total. The molecule has 20 heavy (non-hydrogen) atoms. The van der Waals surface area contributed by atoms with Gasteiger partial charge in [0.1, 0.15) is 11.9 Å². The number of benzene rings is 1. The maximum absolute atomic E-state index is 12.3. The summed E-state index contributed by atoms with van der Waals surface area (Å²) in [4.78, 5) is 4.22. The fraction of sp³-hybridized carbons (Fsp3) is 0.286. The lowest BCUT2D eigenvalue weighted by atomic mass is 10.1. The Labute approximate surface area is 114 Å². The van der Waals surface area contributed by atoms with Crippen molar-refractivity contribution in [2.75, 3.05) is 5.32 Å². The lowest BCUT2D eigenvalue weighted by Crippen LogP contribution is -2.24. The number of hydrogen-bond acceptors (Lipinski definition) is 3. The average molecular weight is 279 g/mol. The first-order valence-electron chi connectivity index (χ1n) is 6.02. The van der Waals surface area contributed by atoms with Gasteiger partial charge in [-0.15, -0.1) is 0 Å². The normalized spacial score (nSPS) is 12.9. The van der Waals surface area contributed by atoms with Crippen LogP contribution in [0, 0.1) is 11.3 Å². The topological polar surface area (TPSA) is 48.7 Å². The molecule has 0 bridgehead atoms. The average Bonchev–Trinajstić information content (AvgIpc) is 2.35. The van der Waals surface area contributed by atoms with Crippen molar-refractivity contribution in [2.45, 2.75) is 25.6 Å².